The van der Waals surface area contributed by atoms with Gasteiger partial charge in [0.1, 0.15) is 36.2 Å². The average Bonchev–Trinajstić information content (AvgIpc) is 3.06. The first-order chi connectivity index (χ1) is 24.7. The molecule has 1 aromatic rings. The van der Waals surface area contributed by atoms with Crippen molar-refractivity contribution in [2.75, 3.05) is 13.2 Å². The number of hydrogen-bond acceptors (Lipinski definition) is 11. The smallest absolute Gasteiger partial charge is 0.481 e. The third kappa shape index (κ3) is 18.6. The van der Waals surface area contributed by atoms with Crippen LogP contribution < -0.4 is 26.2 Å². The van der Waals surface area contributed by atoms with E-state index in [0.29, 0.717) is 0 Å². The highest BCUT2D eigenvalue weighted by molar-refractivity contribution is 7.48. The van der Waals surface area contributed by atoms with Crippen LogP contribution in [0.2, 0.25) is 0 Å². The lowest BCUT2D eigenvalue weighted by Gasteiger charge is -2.26. The van der Waals surface area contributed by atoms with Crippen molar-refractivity contribution < 1.29 is 61.1 Å². The zero-order valence-electron chi connectivity index (χ0n) is 30.8. The normalized spacial score (nSPS) is 13.2. The largest absolute Gasteiger partial charge is 0.530 e. The Kier molecular flexibility index (Phi) is 19.7. The Labute approximate surface area is 309 Å². The van der Waals surface area contributed by atoms with E-state index in [0.717, 1.165) is 0 Å². The number of primary amides is 1. The fourth-order valence-corrected chi connectivity index (χ4v) is 5.74. The topological polar surface area (TPSA) is 239 Å². The molecule has 0 aromatic heterocycles. The standard InChI is InChI=1S/C35H52FN4O12P/c1-8-16-49-53(48,50-17-9-2)52-28-12-10-23(19-24(28)21-36)20-27(34(47)39-26(32(37)45)18-22(3)4)40-33(46)25(38-29(41)13-14-30(42)43)11-15-31(44)51-35(5,6)7/h8-10,12,19,22,25-27H,1-2,11,13-18,20-21H2,3-7H3,(H2,37,45)(H,38,41)(H,39,47)(H,40,46)(H,42,43). The minimum atomic E-state index is -4.26. The van der Waals surface area contributed by atoms with Crippen molar-refractivity contribution in [2.24, 2.45) is 11.7 Å². The number of ether oxygens (including phenoxy) is 1. The monoisotopic (exact) mass is 770 g/mol. The van der Waals surface area contributed by atoms with Gasteiger partial charge in [-0.2, -0.15) is 0 Å². The van der Waals surface area contributed by atoms with Gasteiger partial charge >= 0.3 is 19.8 Å². The van der Waals surface area contributed by atoms with Crippen LogP contribution in [0.5, 0.6) is 5.75 Å². The molecule has 6 N–H and O–H groups in total. The van der Waals surface area contributed by atoms with Gasteiger partial charge in [0, 0.05) is 24.8 Å². The maximum Gasteiger partial charge on any atom is 0.530 e. The number of alkyl halides is 1. The molecule has 0 heterocycles. The summed E-state index contributed by atoms with van der Waals surface area (Å²) in [5.74, 6) is -5.62. The molecular weight excluding hydrogens is 718 g/mol. The summed E-state index contributed by atoms with van der Waals surface area (Å²) in [6.07, 6.45) is 0.844. The molecule has 0 radical (unpaired) electrons. The summed E-state index contributed by atoms with van der Waals surface area (Å²) >= 11 is 0. The van der Waals surface area contributed by atoms with Gasteiger partial charge in [-0.15, -0.1) is 13.2 Å². The molecule has 16 nitrogen and oxygen atoms in total. The number of carboxylic acids is 1. The van der Waals surface area contributed by atoms with Crippen LogP contribution in [-0.2, 0) is 60.2 Å². The summed E-state index contributed by atoms with van der Waals surface area (Å²) in [7, 11) is -4.26. The van der Waals surface area contributed by atoms with Crippen LogP contribution in [0.15, 0.2) is 43.5 Å². The number of aliphatic carboxylic acids is 1. The predicted molar refractivity (Wildman–Crippen MR) is 192 cm³/mol. The number of carboxylic acid groups (broad SMARTS) is 1. The van der Waals surface area contributed by atoms with Gasteiger partial charge in [-0.3, -0.25) is 37.8 Å². The first-order valence-electron chi connectivity index (χ1n) is 16.8. The summed E-state index contributed by atoms with van der Waals surface area (Å²) in [5, 5.41) is 16.5. The van der Waals surface area contributed by atoms with Crippen molar-refractivity contribution in [3.05, 3.63) is 54.6 Å². The summed E-state index contributed by atoms with van der Waals surface area (Å²) in [4.78, 5) is 75.7. The van der Waals surface area contributed by atoms with Gasteiger partial charge in [0.2, 0.25) is 23.6 Å². The third-order valence-corrected chi connectivity index (χ3v) is 8.25. The quantitative estimate of drug-likeness (QED) is 0.0545. The van der Waals surface area contributed by atoms with E-state index >= 15 is 0 Å². The number of nitrogens with one attached hydrogen (secondary N) is 3. The number of carbonyl (C=O) groups excluding carboxylic acids is 5. The van der Waals surface area contributed by atoms with Crippen molar-refractivity contribution in [2.45, 2.75) is 104 Å². The molecule has 0 bridgehead atoms. The number of amides is 4. The molecule has 53 heavy (non-hydrogen) atoms. The molecule has 0 saturated heterocycles. The lowest BCUT2D eigenvalue weighted by Crippen LogP contribution is -2.57. The molecule has 3 unspecified atom stereocenters. The number of phosphoric acid groups is 1. The first kappa shape index (κ1) is 46.4. The van der Waals surface area contributed by atoms with Gasteiger partial charge in [0.15, 0.2) is 0 Å². The minimum absolute atomic E-state index is 0.0689. The summed E-state index contributed by atoms with van der Waals surface area (Å²) in [5.41, 5.74) is 4.84. The van der Waals surface area contributed by atoms with Gasteiger partial charge in [-0.05, 0) is 57.2 Å². The fraction of sp³-hybridized carbons (Fsp3) is 0.543. The van der Waals surface area contributed by atoms with Crippen LogP contribution in [0.4, 0.5) is 4.39 Å². The number of benzene rings is 1. The van der Waals surface area contributed by atoms with E-state index in [1.165, 1.54) is 30.4 Å². The molecule has 0 fully saturated rings. The Morgan fingerprint density at radius 2 is 1.51 bits per heavy atom. The summed E-state index contributed by atoms with van der Waals surface area (Å²) < 4.78 is 48.6. The number of halogens is 1. The van der Waals surface area contributed by atoms with Gasteiger partial charge in [0.05, 0.1) is 19.6 Å². The summed E-state index contributed by atoms with van der Waals surface area (Å²) in [6, 6.07) is -0.0644. The van der Waals surface area contributed by atoms with Crippen molar-refractivity contribution in [1.29, 1.82) is 0 Å². The van der Waals surface area contributed by atoms with E-state index in [2.05, 4.69) is 29.1 Å². The molecule has 18 heteroatoms. The maximum absolute atomic E-state index is 14.3. The van der Waals surface area contributed by atoms with Crippen molar-refractivity contribution in [3.8, 4) is 5.75 Å². The second-order valence-electron chi connectivity index (χ2n) is 13.3. The Balaban J connectivity index is 3.53. The zero-order chi connectivity index (χ0) is 40.4. The second-order valence-corrected chi connectivity index (χ2v) is 14.9. The Hall–Kier alpha value is -4.60. The third-order valence-electron chi connectivity index (χ3n) is 6.89. The Morgan fingerprint density at radius 1 is 0.925 bits per heavy atom. The van der Waals surface area contributed by atoms with E-state index in [9.17, 15) is 37.7 Å². The molecule has 296 valence electrons. The van der Waals surface area contributed by atoms with Gasteiger partial charge in [-0.1, -0.05) is 32.1 Å². The number of nitrogens with two attached hydrogens (primary N) is 1. The Bertz CT molecular complexity index is 1500. The van der Waals surface area contributed by atoms with E-state index < -0.39 is 86.6 Å². The van der Waals surface area contributed by atoms with Crippen LogP contribution in [-0.4, -0.2) is 77.6 Å². The number of esters is 1. The molecule has 1 aromatic carbocycles. The Morgan fingerprint density at radius 3 is 2.02 bits per heavy atom. The number of carbonyl (C=O) groups is 6. The van der Waals surface area contributed by atoms with E-state index in [1.54, 1.807) is 34.6 Å². The van der Waals surface area contributed by atoms with E-state index in [-0.39, 0.29) is 61.7 Å². The van der Waals surface area contributed by atoms with Crippen molar-refractivity contribution in [1.82, 2.24) is 16.0 Å². The van der Waals surface area contributed by atoms with Crippen LogP contribution in [0.25, 0.3) is 0 Å². The molecule has 1 rings (SSSR count). The molecule has 0 aliphatic heterocycles. The molecule has 0 spiro atoms. The van der Waals surface area contributed by atoms with Crippen LogP contribution in [0, 0.1) is 5.92 Å². The maximum atomic E-state index is 14.3. The van der Waals surface area contributed by atoms with Gasteiger partial charge < -0.3 is 36.1 Å². The van der Waals surface area contributed by atoms with Gasteiger partial charge in [0.25, 0.3) is 0 Å². The second kappa shape index (κ2) is 22.5. The van der Waals surface area contributed by atoms with Crippen LogP contribution in [0.3, 0.4) is 0 Å². The average molecular weight is 771 g/mol. The number of rotatable bonds is 25. The zero-order valence-corrected chi connectivity index (χ0v) is 31.7. The number of hydrogen-bond donors (Lipinski definition) is 5. The molecule has 4 amide bonds. The molecule has 0 saturated carbocycles. The van der Waals surface area contributed by atoms with Gasteiger partial charge in [-0.25, -0.2) is 8.96 Å². The lowest BCUT2D eigenvalue weighted by atomic mass is 9.99. The van der Waals surface area contributed by atoms with Crippen molar-refractivity contribution in [3.63, 3.8) is 0 Å². The van der Waals surface area contributed by atoms with Crippen molar-refractivity contribution >= 4 is 43.4 Å². The lowest BCUT2D eigenvalue weighted by molar-refractivity contribution is -0.155. The molecule has 3 atom stereocenters. The fourth-order valence-electron chi connectivity index (χ4n) is 4.57. The van der Waals surface area contributed by atoms with Crippen LogP contribution in [0.1, 0.15) is 77.8 Å². The SMILES string of the molecule is C=CCOP(=O)(OCC=C)Oc1ccc(CC(NC(=O)C(CCC(=O)OC(C)(C)C)NC(=O)CCC(=O)O)C(=O)NC(CC(C)C)C(N)=O)cc1CF. The van der Waals surface area contributed by atoms with E-state index in [4.69, 9.17) is 29.1 Å². The molecule has 0 aliphatic carbocycles. The summed E-state index contributed by atoms with van der Waals surface area (Å²) in [6.45, 7) is 13.9. The minimum Gasteiger partial charge on any atom is -0.481 e. The molecular formula is C35H52FN4O12P. The van der Waals surface area contributed by atoms with E-state index in [1.807, 2.05) is 0 Å². The highest BCUT2D eigenvalue weighted by Gasteiger charge is 2.32. The molecule has 0 aliphatic rings. The predicted octanol–water partition coefficient (Wildman–Crippen LogP) is 3.56. The highest BCUT2D eigenvalue weighted by atomic mass is 31.2. The highest BCUT2D eigenvalue weighted by Crippen LogP contribution is 2.50. The first-order valence-corrected chi connectivity index (χ1v) is 18.3. The number of phosphoric ester groups is 1. The van der Waals surface area contributed by atoms with Crippen LogP contribution >= 0.6 is 7.82 Å².